The van der Waals surface area contributed by atoms with Gasteiger partial charge in [0.2, 0.25) is 0 Å². The zero-order chi connectivity index (χ0) is 19.2. The number of aliphatic imine (C=N–C) groups is 1. The number of hydrogen-bond acceptors (Lipinski definition) is 5. The highest BCUT2D eigenvalue weighted by Gasteiger charge is 2.06. The largest absolute Gasteiger partial charge is 0.357 e. The number of nitrogens with one attached hydrogen (secondary N) is 2. The molecule has 2 N–H and O–H groups in total. The molecule has 3 aromatic heterocycles. The van der Waals surface area contributed by atoms with Crippen molar-refractivity contribution in [3.05, 3.63) is 59.5 Å². The number of hydrogen-bond donors (Lipinski definition) is 2. The summed E-state index contributed by atoms with van der Waals surface area (Å²) in [6.07, 6.45) is 3.91. The van der Waals surface area contributed by atoms with Gasteiger partial charge in [0.25, 0.3) is 0 Å². The van der Waals surface area contributed by atoms with Gasteiger partial charge in [0.15, 0.2) is 17.4 Å². The molecule has 0 atom stereocenters. The fraction of sp³-hybridized carbons (Fsp3) is 0.300. The number of guanidine groups is 1. The molecule has 4 rings (SSSR count). The molecular weight excluding hydrogens is 497 g/mol. The van der Waals surface area contributed by atoms with Crippen LogP contribution in [0.2, 0.25) is 0 Å². The smallest absolute Gasteiger partial charge is 0.191 e. The van der Waals surface area contributed by atoms with E-state index in [1.54, 1.807) is 11.3 Å². The number of pyridine rings is 1. The maximum absolute atomic E-state index is 4.69. The standard InChI is InChI=1S/C20H23N7S.HI/c1-2-21-20(23-14-18-26-25-17-10-5-6-13-27(17)18)22-12-7-11-19-24-15-8-3-4-9-16(15)28-19;/h3-6,8-10,13H,2,7,11-12,14H2,1H3,(H2,21,22,23);1H. The van der Waals surface area contributed by atoms with Gasteiger partial charge in [-0.15, -0.1) is 45.5 Å². The molecular formula is C20H24IN7S. The molecule has 0 saturated carbocycles. The molecule has 0 spiro atoms. The van der Waals surface area contributed by atoms with E-state index in [4.69, 9.17) is 4.98 Å². The van der Waals surface area contributed by atoms with E-state index >= 15 is 0 Å². The monoisotopic (exact) mass is 521 g/mol. The number of benzene rings is 1. The number of thiazole rings is 1. The van der Waals surface area contributed by atoms with Crippen molar-refractivity contribution in [3.63, 3.8) is 0 Å². The second-order valence-electron chi connectivity index (χ2n) is 6.35. The molecule has 9 heteroatoms. The van der Waals surface area contributed by atoms with Crippen LogP contribution in [0.4, 0.5) is 0 Å². The second-order valence-corrected chi connectivity index (χ2v) is 7.46. The lowest BCUT2D eigenvalue weighted by Gasteiger charge is -2.10. The quantitative estimate of drug-likeness (QED) is 0.168. The molecule has 7 nitrogen and oxygen atoms in total. The molecule has 1 aromatic carbocycles. The molecule has 29 heavy (non-hydrogen) atoms. The Balaban J connectivity index is 0.00000240. The lowest BCUT2D eigenvalue weighted by molar-refractivity contribution is 0.738. The molecule has 0 aliphatic carbocycles. The molecule has 0 aliphatic rings. The number of nitrogens with zero attached hydrogens (tertiary/aromatic N) is 5. The van der Waals surface area contributed by atoms with Crippen molar-refractivity contribution >= 4 is 57.1 Å². The molecule has 152 valence electrons. The first-order valence-electron chi connectivity index (χ1n) is 9.49. The van der Waals surface area contributed by atoms with E-state index in [-0.39, 0.29) is 24.0 Å². The summed E-state index contributed by atoms with van der Waals surface area (Å²) in [4.78, 5) is 9.34. The summed E-state index contributed by atoms with van der Waals surface area (Å²) >= 11 is 1.77. The van der Waals surface area contributed by atoms with Crippen molar-refractivity contribution in [2.45, 2.75) is 26.3 Å². The van der Waals surface area contributed by atoms with Crippen LogP contribution in [0.25, 0.3) is 15.9 Å². The van der Waals surface area contributed by atoms with Crippen molar-refractivity contribution in [2.75, 3.05) is 13.1 Å². The maximum atomic E-state index is 4.69. The lowest BCUT2D eigenvalue weighted by Crippen LogP contribution is -2.37. The highest BCUT2D eigenvalue weighted by molar-refractivity contribution is 14.0. The molecule has 0 bridgehead atoms. The van der Waals surface area contributed by atoms with E-state index in [9.17, 15) is 0 Å². The Morgan fingerprint density at radius 1 is 1.10 bits per heavy atom. The van der Waals surface area contributed by atoms with Crippen LogP contribution < -0.4 is 10.6 Å². The molecule has 4 aromatic rings. The summed E-state index contributed by atoms with van der Waals surface area (Å²) in [5, 5.41) is 16.2. The van der Waals surface area contributed by atoms with Gasteiger partial charge in [-0.25, -0.2) is 9.98 Å². The van der Waals surface area contributed by atoms with Gasteiger partial charge in [0.05, 0.1) is 15.2 Å². The minimum atomic E-state index is 0. The summed E-state index contributed by atoms with van der Waals surface area (Å²) in [5.74, 6) is 1.61. The van der Waals surface area contributed by atoms with Gasteiger partial charge >= 0.3 is 0 Å². The highest BCUT2D eigenvalue weighted by Crippen LogP contribution is 2.22. The van der Waals surface area contributed by atoms with E-state index in [0.29, 0.717) is 6.54 Å². The first-order valence-corrected chi connectivity index (χ1v) is 10.3. The predicted octanol–water partition coefficient (Wildman–Crippen LogP) is 3.64. The average molecular weight is 521 g/mol. The Kier molecular flexibility index (Phi) is 7.76. The third kappa shape index (κ3) is 5.41. The fourth-order valence-electron chi connectivity index (χ4n) is 2.96. The lowest BCUT2D eigenvalue weighted by atomic mass is 10.3. The number of halogens is 1. The van der Waals surface area contributed by atoms with Crippen molar-refractivity contribution in [3.8, 4) is 0 Å². The SMILES string of the molecule is CCNC(=NCc1nnc2ccccn12)NCCCc1nc2ccccc2s1.I. The van der Waals surface area contributed by atoms with Crippen LogP contribution in [0.1, 0.15) is 24.2 Å². The van der Waals surface area contributed by atoms with Crippen molar-refractivity contribution in [1.82, 2.24) is 30.2 Å². The molecule has 3 heterocycles. The van der Waals surface area contributed by atoms with Gasteiger partial charge in [-0.2, -0.15) is 0 Å². The van der Waals surface area contributed by atoms with E-state index in [1.807, 2.05) is 34.9 Å². The van der Waals surface area contributed by atoms with E-state index in [0.717, 1.165) is 48.9 Å². The third-order valence-corrected chi connectivity index (χ3v) is 5.40. The third-order valence-electron chi connectivity index (χ3n) is 4.31. The zero-order valence-corrected chi connectivity index (χ0v) is 19.4. The van der Waals surface area contributed by atoms with Crippen LogP contribution in [0.5, 0.6) is 0 Å². The van der Waals surface area contributed by atoms with Crippen LogP contribution in [0.3, 0.4) is 0 Å². The fourth-order valence-corrected chi connectivity index (χ4v) is 3.97. The molecule has 0 amide bonds. The highest BCUT2D eigenvalue weighted by atomic mass is 127. The van der Waals surface area contributed by atoms with Crippen molar-refractivity contribution in [2.24, 2.45) is 4.99 Å². The Morgan fingerprint density at radius 3 is 2.83 bits per heavy atom. The van der Waals surface area contributed by atoms with Gasteiger partial charge in [-0.05, 0) is 37.6 Å². The van der Waals surface area contributed by atoms with Gasteiger partial charge in [0, 0.05) is 25.7 Å². The molecule has 0 radical (unpaired) electrons. The van der Waals surface area contributed by atoms with Gasteiger partial charge in [-0.3, -0.25) is 4.40 Å². The molecule has 0 unspecified atom stereocenters. The van der Waals surface area contributed by atoms with Crippen LogP contribution in [-0.4, -0.2) is 38.6 Å². The molecule has 0 fully saturated rings. The summed E-state index contributed by atoms with van der Waals surface area (Å²) in [5.41, 5.74) is 1.92. The predicted molar refractivity (Wildman–Crippen MR) is 129 cm³/mol. The van der Waals surface area contributed by atoms with Gasteiger partial charge < -0.3 is 10.6 Å². The zero-order valence-electron chi connectivity index (χ0n) is 16.2. The minimum Gasteiger partial charge on any atom is -0.357 e. The minimum absolute atomic E-state index is 0. The van der Waals surface area contributed by atoms with Crippen LogP contribution >= 0.6 is 35.3 Å². The van der Waals surface area contributed by atoms with Gasteiger partial charge in [-0.1, -0.05) is 18.2 Å². The van der Waals surface area contributed by atoms with Crippen molar-refractivity contribution < 1.29 is 0 Å². The Labute approximate surface area is 190 Å². The Bertz CT molecular complexity index is 1060. The van der Waals surface area contributed by atoms with Gasteiger partial charge in [0.1, 0.15) is 6.54 Å². The normalized spacial score (nSPS) is 11.6. The number of rotatable bonds is 7. The van der Waals surface area contributed by atoms with Crippen LogP contribution in [-0.2, 0) is 13.0 Å². The van der Waals surface area contributed by atoms with Crippen LogP contribution in [0.15, 0.2) is 53.7 Å². The number of fused-ring (bicyclic) bond motifs is 2. The first-order chi connectivity index (χ1) is 13.8. The summed E-state index contributed by atoms with van der Waals surface area (Å²) < 4.78 is 3.21. The summed E-state index contributed by atoms with van der Waals surface area (Å²) in [6, 6.07) is 14.1. The number of aromatic nitrogens is 4. The molecule has 0 saturated heterocycles. The number of aryl methyl sites for hydroxylation is 1. The first kappa shape index (κ1) is 21.4. The van der Waals surface area contributed by atoms with E-state index < -0.39 is 0 Å². The van der Waals surface area contributed by atoms with E-state index in [2.05, 4.69) is 50.9 Å². The van der Waals surface area contributed by atoms with E-state index in [1.165, 1.54) is 9.71 Å². The Hall–Kier alpha value is -2.27. The second kappa shape index (κ2) is 10.5. The maximum Gasteiger partial charge on any atom is 0.191 e. The number of para-hydroxylation sites is 1. The van der Waals surface area contributed by atoms with Crippen molar-refractivity contribution in [1.29, 1.82) is 0 Å². The average Bonchev–Trinajstić information content (AvgIpc) is 3.33. The summed E-state index contributed by atoms with van der Waals surface area (Å²) in [6.45, 7) is 4.18. The summed E-state index contributed by atoms with van der Waals surface area (Å²) in [7, 11) is 0. The molecule has 0 aliphatic heterocycles. The topological polar surface area (TPSA) is 79.5 Å². The van der Waals surface area contributed by atoms with Crippen LogP contribution in [0, 0.1) is 0 Å². The Morgan fingerprint density at radius 2 is 1.97 bits per heavy atom.